The number of hydrogen-bond donors (Lipinski definition) is 0. The average Bonchev–Trinajstić information content (AvgIpc) is 3.22. The summed E-state index contributed by atoms with van der Waals surface area (Å²) in [7, 11) is 4.63. The lowest BCUT2D eigenvalue weighted by Crippen LogP contribution is -2.47. The highest BCUT2D eigenvalue weighted by atomic mass is 16.6. The molecule has 11 nitrogen and oxygen atoms in total. The first-order chi connectivity index (χ1) is 26.5. The number of ether oxygens (including phenoxy) is 8. The van der Waals surface area contributed by atoms with Crippen LogP contribution in [0.5, 0.6) is 17.2 Å². The summed E-state index contributed by atoms with van der Waals surface area (Å²) in [6.07, 6.45) is 1.38. The number of carbonyl (C=O) groups excluding carboxylic acids is 2. The highest BCUT2D eigenvalue weighted by Crippen LogP contribution is 2.33. The van der Waals surface area contributed by atoms with Crippen molar-refractivity contribution in [1.82, 2.24) is 4.90 Å². The fourth-order valence-corrected chi connectivity index (χ4v) is 6.25. The monoisotopic (exact) mass is 741 g/mol. The van der Waals surface area contributed by atoms with Crippen LogP contribution in [-0.2, 0) is 43.5 Å². The second-order valence-corrected chi connectivity index (χ2v) is 12.9. The highest BCUT2D eigenvalue weighted by Gasteiger charge is 2.34. The molecular formula is C43H51NO10. The zero-order valence-electron chi connectivity index (χ0n) is 31.4. The van der Waals surface area contributed by atoms with Crippen LogP contribution < -0.4 is 14.2 Å². The van der Waals surface area contributed by atoms with Gasteiger partial charge in [-0.05, 0) is 53.4 Å². The summed E-state index contributed by atoms with van der Waals surface area (Å²) >= 11 is 0. The molecule has 54 heavy (non-hydrogen) atoms. The van der Waals surface area contributed by atoms with E-state index >= 15 is 0 Å². The van der Waals surface area contributed by atoms with E-state index in [9.17, 15) is 9.59 Å². The van der Waals surface area contributed by atoms with E-state index < -0.39 is 5.97 Å². The van der Waals surface area contributed by atoms with Crippen molar-refractivity contribution in [2.24, 2.45) is 0 Å². The number of hydrogen-bond acceptors (Lipinski definition) is 10. The number of benzene rings is 4. The lowest BCUT2D eigenvalue weighted by Gasteiger charge is -2.38. The molecule has 11 heteroatoms. The van der Waals surface area contributed by atoms with Gasteiger partial charge in [0.2, 0.25) is 0 Å². The van der Waals surface area contributed by atoms with E-state index in [1.807, 2.05) is 72.8 Å². The van der Waals surface area contributed by atoms with Crippen molar-refractivity contribution >= 4 is 12.1 Å². The normalized spacial score (nSPS) is 15.4. The van der Waals surface area contributed by atoms with Crippen LogP contribution in [0.3, 0.4) is 0 Å². The number of nitrogens with zero attached hydrogens (tertiary/aromatic N) is 1. The molecule has 1 amide bonds. The van der Waals surface area contributed by atoms with E-state index in [1.165, 1.54) is 7.11 Å². The molecule has 1 fully saturated rings. The van der Waals surface area contributed by atoms with Gasteiger partial charge in [0.1, 0.15) is 29.4 Å². The predicted molar refractivity (Wildman–Crippen MR) is 203 cm³/mol. The van der Waals surface area contributed by atoms with Crippen LogP contribution >= 0.6 is 0 Å². The standard InChI is InChI=1S/C43H51NO10/c1-47-23-9-26-52-40-27-33(15-20-38(40)42(45)49-3)30-53-41-28-44(43(46)54-29-32-11-5-4-6-12-32)22-21-37(41)34-16-18-36(19-17-34)51-25-10-24-50-31-35-13-7-8-14-39(35)48-2/h4-8,11-20,27,37,41H,9-10,21-26,28-31H2,1-3H3. The lowest BCUT2D eigenvalue weighted by molar-refractivity contribution is -0.0246. The van der Waals surface area contributed by atoms with Crippen LogP contribution in [0.1, 0.15) is 57.8 Å². The molecule has 0 spiro atoms. The third-order valence-corrected chi connectivity index (χ3v) is 9.15. The Morgan fingerprint density at radius 3 is 2.26 bits per heavy atom. The Morgan fingerprint density at radius 1 is 0.722 bits per heavy atom. The first-order valence-corrected chi connectivity index (χ1v) is 18.3. The molecule has 0 aliphatic carbocycles. The van der Waals surface area contributed by atoms with Crippen LogP contribution in [0.15, 0.2) is 97.1 Å². The quantitative estimate of drug-likeness (QED) is 0.0664. The molecule has 0 saturated carbocycles. The van der Waals surface area contributed by atoms with E-state index in [-0.39, 0.29) is 31.3 Å². The number of rotatable bonds is 20. The maximum absolute atomic E-state index is 13.2. The van der Waals surface area contributed by atoms with Crippen molar-refractivity contribution in [1.29, 1.82) is 0 Å². The summed E-state index contributed by atoms with van der Waals surface area (Å²) in [5.74, 6) is 1.54. The molecule has 1 heterocycles. The minimum absolute atomic E-state index is 0.0136. The number of carbonyl (C=O) groups is 2. The molecule has 1 aliphatic heterocycles. The molecule has 0 bridgehead atoms. The van der Waals surface area contributed by atoms with Gasteiger partial charge in [0, 0.05) is 44.6 Å². The number of esters is 1. The molecule has 1 aliphatic rings. The average molecular weight is 742 g/mol. The Labute approximate surface area is 318 Å². The van der Waals surface area contributed by atoms with Gasteiger partial charge in [-0.1, -0.05) is 66.7 Å². The molecule has 1 saturated heterocycles. The molecule has 2 unspecified atom stereocenters. The number of likely N-dealkylation sites (tertiary alicyclic amines) is 1. The Bertz CT molecular complexity index is 1730. The Balaban J connectivity index is 1.21. The van der Waals surface area contributed by atoms with Crippen LogP contribution in [-0.4, -0.2) is 83.9 Å². The Morgan fingerprint density at radius 2 is 1.48 bits per heavy atom. The number of piperidine rings is 1. The summed E-state index contributed by atoms with van der Waals surface area (Å²) in [4.78, 5) is 27.4. The van der Waals surface area contributed by atoms with Crippen molar-refractivity contribution in [2.75, 3.05) is 60.8 Å². The smallest absolute Gasteiger partial charge is 0.410 e. The predicted octanol–water partition coefficient (Wildman–Crippen LogP) is 7.59. The third-order valence-electron chi connectivity index (χ3n) is 9.15. The summed E-state index contributed by atoms with van der Waals surface area (Å²) in [5, 5.41) is 0. The molecule has 4 aromatic carbocycles. The van der Waals surface area contributed by atoms with E-state index in [1.54, 1.807) is 31.3 Å². The van der Waals surface area contributed by atoms with E-state index in [2.05, 4.69) is 12.1 Å². The van der Waals surface area contributed by atoms with Gasteiger partial charge in [0.25, 0.3) is 0 Å². The van der Waals surface area contributed by atoms with Crippen molar-refractivity contribution < 1.29 is 47.5 Å². The number of methoxy groups -OCH3 is 3. The maximum Gasteiger partial charge on any atom is 0.410 e. The van der Waals surface area contributed by atoms with Crippen LogP contribution in [0.4, 0.5) is 4.79 Å². The summed E-state index contributed by atoms with van der Waals surface area (Å²) in [6, 6.07) is 30.8. The molecule has 2 atom stereocenters. The van der Waals surface area contributed by atoms with E-state index in [4.69, 9.17) is 37.9 Å². The summed E-state index contributed by atoms with van der Waals surface area (Å²) in [6.45, 7) is 3.80. The van der Waals surface area contributed by atoms with Gasteiger partial charge in [-0.2, -0.15) is 0 Å². The Hall–Kier alpha value is -5.10. The van der Waals surface area contributed by atoms with Gasteiger partial charge in [-0.25, -0.2) is 9.59 Å². The molecular weight excluding hydrogens is 690 g/mol. The molecule has 0 radical (unpaired) electrons. The van der Waals surface area contributed by atoms with Crippen LogP contribution in [0.2, 0.25) is 0 Å². The van der Waals surface area contributed by atoms with Gasteiger partial charge in [0.15, 0.2) is 0 Å². The fraction of sp³-hybridized carbons (Fsp3) is 0.395. The zero-order valence-corrected chi connectivity index (χ0v) is 31.4. The van der Waals surface area contributed by atoms with E-state index in [0.717, 1.165) is 40.2 Å². The highest BCUT2D eigenvalue weighted by molar-refractivity contribution is 5.92. The third kappa shape index (κ3) is 12.0. The largest absolute Gasteiger partial charge is 0.496 e. The molecule has 5 rings (SSSR count). The SMILES string of the molecule is COCCCOc1cc(COC2CN(C(=O)OCc3ccccc3)CCC2c2ccc(OCCCOCc3ccccc3OC)cc2)ccc1C(=O)OC. The van der Waals surface area contributed by atoms with Crippen LogP contribution in [0, 0.1) is 0 Å². The van der Waals surface area contributed by atoms with Gasteiger partial charge in [-0.3, -0.25) is 0 Å². The molecule has 4 aromatic rings. The van der Waals surface area contributed by atoms with Crippen molar-refractivity contribution in [3.8, 4) is 17.2 Å². The molecule has 288 valence electrons. The zero-order chi connectivity index (χ0) is 38.0. The molecule has 0 N–H and O–H groups in total. The second kappa shape index (κ2) is 21.6. The Kier molecular flexibility index (Phi) is 16.0. The van der Waals surface area contributed by atoms with Gasteiger partial charge < -0.3 is 42.8 Å². The van der Waals surface area contributed by atoms with Crippen molar-refractivity contribution in [2.45, 2.75) is 51.1 Å². The number of amides is 1. The fourth-order valence-electron chi connectivity index (χ4n) is 6.25. The summed E-state index contributed by atoms with van der Waals surface area (Å²) in [5.41, 5.74) is 4.18. The maximum atomic E-state index is 13.2. The van der Waals surface area contributed by atoms with Crippen molar-refractivity contribution in [3.05, 3.63) is 125 Å². The minimum atomic E-state index is -0.480. The lowest BCUT2D eigenvalue weighted by atomic mass is 9.87. The number of para-hydroxylation sites is 1. The van der Waals surface area contributed by atoms with Gasteiger partial charge >= 0.3 is 12.1 Å². The van der Waals surface area contributed by atoms with Gasteiger partial charge in [-0.15, -0.1) is 0 Å². The van der Waals surface area contributed by atoms with E-state index in [0.29, 0.717) is 70.3 Å². The first kappa shape index (κ1) is 40.1. The second-order valence-electron chi connectivity index (χ2n) is 12.9. The van der Waals surface area contributed by atoms with Crippen LogP contribution in [0.25, 0.3) is 0 Å². The topological polar surface area (TPSA) is 111 Å². The van der Waals surface area contributed by atoms with Crippen molar-refractivity contribution in [3.63, 3.8) is 0 Å². The summed E-state index contributed by atoms with van der Waals surface area (Å²) < 4.78 is 45.6. The van der Waals surface area contributed by atoms with Gasteiger partial charge in [0.05, 0.1) is 59.9 Å². The first-order valence-electron chi connectivity index (χ1n) is 18.3. The molecule has 0 aromatic heterocycles. The minimum Gasteiger partial charge on any atom is -0.496 e.